The highest BCUT2D eigenvalue weighted by molar-refractivity contribution is 7.86. The van der Waals surface area contributed by atoms with Gasteiger partial charge in [0.25, 0.3) is 26.1 Å². The Morgan fingerprint density at radius 1 is 1.02 bits per heavy atom. The molecule has 0 saturated carbocycles. The Balaban J connectivity index is 1.44. The van der Waals surface area contributed by atoms with Crippen LogP contribution in [0.4, 0.5) is 16.4 Å². The highest BCUT2D eigenvalue weighted by atomic mass is 32.2. The number of aromatic nitrogens is 5. The minimum atomic E-state index is -4.89. The van der Waals surface area contributed by atoms with Crippen molar-refractivity contribution in [3.8, 4) is 17.5 Å². The number of benzene rings is 2. The highest BCUT2D eigenvalue weighted by Gasteiger charge is 2.27. The van der Waals surface area contributed by atoms with Gasteiger partial charge in [-0.3, -0.25) is 13.9 Å². The zero-order valence-corrected chi connectivity index (χ0v) is 26.3. The molecular formula is C26H23N9O7S3. The van der Waals surface area contributed by atoms with Crippen LogP contribution in [0.25, 0.3) is 17.0 Å². The number of azo groups is 1. The van der Waals surface area contributed by atoms with Crippen LogP contribution < -0.4 is 5.32 Å². The van der Waals surface area contributed by atoms with E-state index in [1.54, 1.807) is 19.1 Å². The maximum atomic E-state index is 12.8. The van der Waals surface area contributed by atoms with E-state index in [-0.39, 0.29) is 5.69 Å². The first-order valence-electron chi connectivity index (χ1n) is 12.7. The summed E-state index contributed by atoms with van der Waals surface area (Å²) in [7, 11) is -9.78. The Morgan fingerprint density at radius 2 is 1.64 bits per heavy atom. The van der Waals surface area contributed by atoms with Crippen molar-refractivity contribution in [1.29, 1.82) is 5.26 Å². The first-order valence-corrected chi connectivity index (χ1v) is 16.4. The van der Waals surface area contributed by atoms with Crippen LogP contribution in [0.1, 0.15) is 48.1 Å². The molecule has 5 aromatic rings. The van der Waals surface area contributed by atoms with E-state index in [9.17, 15) is 36.0 Å². The summed E-state index contributed by atoms with van der Waals surface area (Å²) in [5.74, 6) is -0.507. The van der Waals surface area contributed by atoms with Gasteiger partial charge in [0.05, 0.1) is 21.2 Å². The highest BCUT2D eigenvalue weighted by Crippen LogP contribution is 2.37. The summed E-state index contributed by atoms with van der Waals surface area (Å²) < 4.78 is 70.6. The molecule has 19 heteroatoms. The van der Waals surface area contributed by atoms with Gasteiger partial charge in [-0.25, -0.2) is 0 Å². The zero-order valence-electron chi connectivity index (χ0n) is 23.8. The lowest BCUT2D eigenvalue weighted by molar-refractivity contribution is 0.102. The molecule has 0 radical (unpaired) electrons. The van der Waals surface area contributed by atoms with Crippen LogP contribution in [-0.4, -0.2) is 56.0 Å². The van der Waals surface area contributed by atoms with Crippen LogP contribution in [0.3, 0.4) is 0 Å². The third-order valence-electron chi connectivity index (χ3n) is 6.34. The van der Waals surface area contributed by atoms with Crippen molar-refractivity contribution in [2.24, 2.45) is 10.2 Å². The van der Waals surface area contributed by atoms with E-state index in [2.05, 4.69) is 41.2 Å². The number of nitrogens with one attached hydrogen (secondary N) is 2. The lowest BCUT2D eigenvalue weighted by Gasteiger charge is -2.15. The SMILES string of the molecule is Cc1nsc(N=Nc2c(C(C)(C)C)nn3nc(-c4ccc(NC(=O)c5cc(S(=O)(=O)O)cc(S(=O)(=O)O)c5)cc4)[nH]c23)c1C#N. The standard InChI is InChI=1S/C26H23N9O7S3/c1-13-19(12-27)25(43-34-13)31-30-20-21(26(2,3)4)32-35-23(20)29-22(33-35)14-5-7-16(8-6-14)28-24(36)15-9-17(44(37,38)39)11-18(10-15)45(40,41)42/h5-11H,1-4H3,(H,28,36)(H,29,33)(H,37,38,39)(H,40,41,42). The Hall–Kier alpha value is -4.87. The summed E-state index contributed by atoms with van der Waals surface area (Å²) in [6.45, 7) is 7.59. The largest absolute Gasteiger partial charge is 0.322 e. The minimum absolute atomic E-state index is 0.253. The smallest absolute Gasteiger partial charge is 0.294 e. The van der Waals surface area contributed by atoms with Gasteiger partial charge >= 0.3 is 0 Å². The van der Waals surface area contributed by atoms with Crippen molar-refractivity contribution in [3.05, 3.63) is 65.0 Å². The van der Waals surface area contributed by atoms with E-state index in [0.29, 0.717) is 50.7 Å². The van der Waals surface area contributed by atoms with Crippen LogP contribution in [0.5, 0.6) is 0 Å². The fourth-order valence-electron chi connectivity index (χ4n) is 4.11. The molecule has 1 amide bonds. The Morgan fingerprint density at radius 3 is 2.20 bits per heavy atom. The summed E-state index contributed by atoms with van der Waals surface area (Å²) >= 11 is 1.06. The molecule has 0 bridgehead atoms. The average Bonchev–Trinajstić information content (AvgIpc) is 3.63. The van der Waals surface area contributed by atoms with Crippen molar-refractivity contribution in [2.75, 3.05) is 5.32 Å². The van der Waals surface area contributed by atoms with Gasteiger partial charge in [0.15, 0.2) is 22.2 Å². The van der Waals surface area contributed by atoms with Crippen molar-refractivity contribution >= 4 is 59.7 Å². The summed E-state index contributed by atoms with van der Waals surface area (Å²) in [4.78, 5) is 14.2. The molecule has 0 fully saturated rings. The number of aryl methyl sites for hydroxylation is 1. The summed E-state index contributed by atoms with van der Waals surface area (Å²) in [6, 6.07) is 10.4. The number of amides is 1. The second-order valence-corrected chi connectivity index (χ2v) is 14.3. The number of nitriles is 1. The lowest BCUT2D eigenvalue weighted by Crippen LogP contribution is -2.14. The number of H-pyrrole nitrogens is 1. The Labute approximate surface area is 260 Å². The van der Waals surface area contributed by atoms with Gasteiger partial charge in [-0.2, -0.15) is 31.6 Å². The van der Waals surface area contributed by atoms with Gasteiger partial charge in [0.2, 0.25) is 0 Å². The lowest BCUT2D eigenvalue weighted by atomic mass is 9.91. The summed E-state index contributed by atoms with van der Waals surface area (Å²) in [5.41, 5.74) is 2.37. The average molecular weight is 670 g/mol. The molecule has 0 aliphatic rings. The first-order chi connectivity index (χ1) is 21.0. The zero-order chi connectivity index (χ0) is 32.9. The molecule has 3 heterocycles. The fraction of sp³-hybridized carbons (Fsp3) is 0.192. The normalized spacial score (nSPS) is 12.6. The Kier molecular flexibility index (Phi) is 7.88. The van der Waals surface area contributed by atoms with Crippen molar-refractivity contribution in [2.45, 2.75) is 42.9 Å². The Bertz CT molecular complexity index is 2220. The molecule has 3 aromatic heterocycles. The number of hydrogen-bond acceptors (Lipinski definition) is 12. The molecule has 232 valence electrons. The predicted molar refractivity (Wildman–Crippen MR) is 161 cm³/mol. The molecule has 0 unspecified atom stereocenters. The van der Waals surface area contributed by atoms with Gasteiger partial charge < -0.3 is 10.3 Å². The number of hydrogen-bond donors (Lipinski definition) is 4. The predicted octanol–water partition coefficient (Wildman–Crippen LogP) is 4.82. The molecule has 0 aliphatic heterocycles. The quantitative estimate of drug-likeness (QED) is 0.135. The number of nitrogens with zero attached hydrogens (tertiary/aromatic N) is 7. The van der Waals surface area contributed by atoms with Crippen LogP contribution in [0, 0.1) is 18.3 Å². The van der Waals surface area contributed by atoms with Gasteiger partial charge in [-0.05, 0) is 60.9 Å². The molecular weight excluding hydrogens is 647 g/mol. The van der Waals surface area contributed by atoms with E-state index in [0.717, 1.165) is 23.7 Å². The number of fused-ring (bicyclic) bond motifs is 1. The van der Waals surface area contributed by atoms with Crippen molar-refractivity contribution in [3.63, 3.8) is 0 Å². The van der Waals surface area contributed by atoms with Crippen LogP contribution in [-0.2, 0) is 25.7 Å². The number of carbonyl (C=O) groups is 1. The maximum absolute atomic E-state index is 12.8. The molecule has 45 heavy (non-hydrogen) atoms. The second-order valence-electron chi connectivity index (χ2n) is 10.7. The van der Waals surface area contributed by atoms with Gasteiger partial charge in [-0.1, -0.05) is 20.8 Å². The van der Waals surface area contributed by atoms with E-state index in [1.165, 1.54) is 16.8 Å². The summed E-state index contributed by atoms with van der Waals surface area (Å²) in [5, 5.41) is 30.1. The first kappa shape index (κ1) is 31.6. The van der Waals surface area contributed by atoms with Crippen LogP contribution in [0.2, 0.25) is 0 Å². The molecule has 16 nitrogen and oxygen atoms in total. The van der Waals surface area contributed by atoms with Gasteiger partial charge in [-0.15, -0.1) is 20.0 Å². The van der Waals surface area contributed by atoms with E-state index in [1.807, 2.05) is 20.8 Å². The molecule has 4 N–H and O–H groups in total. The van der Waals surface area contributed by atoms with Crippen molar-refractivity contribution in [1.82, 2.24) is 24.2 Å². The minimum Gasteiger partial charge on any atom is -0.322 e. The number of rotatable bonds is 7. The topological polar surface area (TPSA) is 245 Å². The third kappa shape index (κ3) is 6.50. The molecule has 0 atom stereocenters. The molecule has 0 aliphatic carbocycles. The summed E-state index contributed by atoms with van der Waals surface area (Å²) in [6.07, 6.45) is 0. The number of anilines is 1. The van der Waals surface area contributed by atoms with Crippen LogP contribution in [0.15, 0.2) is 62.5 Å². The van der Waals surface area contributed by atoms with E-state index < -0.39 is 46.9 Å². The number of carbonyl (C=O) groups excluding carboxylic acids is 1. The maximum Gasteiger partial charge on any atom is 0.294 e. The molecule has 2 aromatic carbocycles. The fourth-order valence-corrected chi connectivity index (χ4v) is 5.96. The van der Waals surface area contributed by atoms with Gasteiger partial charge in [0, 0.05) is 22.2 Å². The molecule has 0 saturated heterocycles. The third-order valence-corrected chi connectivity index (χ3v) is 8.82. The van der Waals surface area contributed by atoms with Crippen molar-refractivity contribution < 1.29 is 30.7 Å². The molecule has 0 spiro atoms. The monoisotopic (exact) mass is 669 g/mol. The van der Waals surface area contributed by atoms with Gasteiger partial charge in [0.1, 0.15) is 11.6 Å². The van der Waals surface area contributed by atoms with E-state index >= 15 is 0 Å². The molecule has 5 rings (SSSR count). The van der Waals surface area contributed by atoms with E-state index in [4.69, 9.17) is 0 Å². The second kappa shape index (κ2) is 11.2. The van der Waals surface area contributed by atoms with Crippen LogP contribution >= 0.6 is 11.5 Å². The number of aromatic amines is 1.